The molecule has 3 rings (SSSR count). The van der Waals surface area contributed by atoms with Crippen LogP contribution in [0.4, 0.5) is 0 Å². The molecule has 0 spiro atoms. The summed E-state index contributed by atoms with van der Waals surface area (Å²) in [7, 11) is -3.37. The van der Waals surface area contributed by atoms with Crippen LogP contribution in [0.5, 0.6) is 11.5 Å². The molecule has 6 heteroatoms. The van der Waals surface area contributed by atoms with E-state index in [4.69, 9.17) is 15.2 Å². The lowest BCUT2D eigenvalue weighted by atomic mass is 10.2. The Kier molecular flexibility index (Phi) is 3.60. The van der Waals surface area contributed by atoms with Crippen LogP contribution < -0.4 is 15.2 Å². The van der Waals surface area contributed by atoms with E-state index in [1.165, 1.54) is 0 Å². The van der Waals surface area contributed by atoms with E-state index in [2.05, 4.69) is 0 Å². The van der Waals surface area contributed by atoms with Crippen LogP contribution in [-0.2, 0) is 9.84 Å². The van der Waals surface area contributed by atoms with Gasteiger partial charge in [0.1, 0.15) is 0 Å². The van der Waals surface area contributed by atoms with Crippen LogP contribution in [0, 0.1) is 5.92 Å². The fraction of sp³-hybridized carbons (Fsp3) is 0.571. The predicted octanol–water partition coefficient (Wildman–Crippen LogP) is 1.36. The largest absolute Gasteiger partial charge is 0.490 e. The molecule has 1 aliphatic carbocycles. The van der Waals surface area contributed by atoms with Crippen LogP contribution in [0.1, 0.15) is 19.3 Å². The molecule has 1 aromatic carbocycles. The molecule has 1 aromatic rings. The average molecular weight is 297 g/mol. The number of ether oxygens (including phenoxy) is 2. The van der Waals surface area contributed by atoms with Crippen molar-refractivity contribution in [2.24, 2.45) is 11.7 Å². The summed E-state index contributed by atoms with van der Waals surface area (Å²) in [6.07, 6.45) is 2.87. The van der Waals surface area contributed by atoms with Crippen LogP contribution in [-0.4, -0.2) is 33.4 Å². The van der Waals surface area contributed by atoms with Crippen LogP contribution in [0.2, 0.25) is 0 Å². The molecule has 0 bridgehead atoms. The van der Waals surface area contributed by atoms with Crippen molar-refractivity contribution in [2.45, 2.75) is 30.2 Å². The highest BCUT2D eigenvalue weighted by Gasteiger charge is 2.32. The van der Waals surface area contributed by atoms with Gasteiger partial charge in [0, 0.05) is 18.5 Å². The first-order valence-electron chi connectivity index (χ1n) is 6.94. The summed E-state index contributed by atoms with van der Waals surface area (Å²) in [4.78, 5) is 0.262. The molecule has 0 aromatic heterocycles. The number of rotatable bonds is 4. The average Bonchev–Trinajstić information content (AvgIpc) is 3.24. The maximum absolute atomic E-state index is 12.4. The van der Waals surface area contributed by atoms with Crippen LogP contribution >= 0.6 is 0 Å². The number of hydrogen-bond acceptors (Lipinski definition) is 5. The highest BCUT2D eigenvalue weighted by Crippen LogP contribution is 2.35. The summed E-state index contributed by atoms with van der Waals surface area (Å²) in [5.74, 6) is 1.47. The molecule has 0 amide bonds. The maximum atomic E-state index is 12.4. The normalized spacial score (nSPS) is 20.2. The van der Waals surface area contributed by atoms with Gasteiger partial charge in [-0.15, -0.1) is 0 Å². The van der Waals surface area contributed by atoms with Crippen LogP contribution in [0.15, 0.2) is 23.1 Å². The van der Waals surface area contributed by atoms with Gasteiger partial charge in [-0.05, 0) is 30.9 Å². The summed E-state index contributed by atoms with van der Waals surface area (Å²) in [5.41, 5.74) is 5.93. The number of hydrogen-bond donors (Lipinski definition) is 1. The molecule has 5 nitrogen and oxygen atoms in total. The van der Waals surface area contributed by atoms with Gasteiger partial charge in [-0.3, -0.25) is 0 Å². The molecule has 2 aliphatic rings. The zero-order valence-electron chi connectivity index (χ0n) is 11.2. The van der Waals surface area contributed by atoms with Gasteiger partial charge in [0.05, 0.1) is 23.9 Å². The van der Waals surface area contributed by atoms with Gasteiger partial charge in [-0.1, -0.05) is 0 Å². The fourth-order valence-corrected chi connectivity index (χ4v) is 3.88. The standard InChI is InChI=1S/C14H19NO4S/c15-12(10-2-3-10)9-20(16,17)11-4-5-13-14(8-11)19-7-1-6-18-13/h4-5,8,10,12H,1-3,6-7,9,15H2. The van der Waals surface area contributed by atoms with Crippen molar-refractivity contribution in [1.29, 1.82) is 0 Å². The Balaban J connectivity index is 1.83. The highest BCUT2D eigenvalue weighted by atomic mass is 32.2. The van der Waals surface area contributed by atoms with Gasteiger partial charge >= 0.3 is 0 Å². The van der Waals surface area contributed by atoms with Crippen molar-refractivity contribution in [2.75, 3.05) is 19.0 Å². The second-order valence-electron chi connectivity index (χ2n) is 5.44. The summed E-state index contributed by atoms with van der Waals surface area (Å²) < 4.78 is 35.8. The van der Waals surface area contributed by atoms with E-state index < -0.39 is 9.84 Å². The quantitative estimate of drug-likeness (QED) is 0.908. The minimum Gasteiger partial charge on any atom is -0.490 e. The monoisotopic (exact) mass is 297 g/mol. The van der Waals surface area contributed by atoms with Crippen molar-refractivity contribution in [3.63, 3.8) is 0 Å². The smallest absolute Gasteiger partial charge is 0.180 e. The molecule has 1 atom stereocenters. The maximum Gasteiger partial charge on any atom is 0.180 e. The lowest BCUT2D eigenvalue weighted by molar-refractivity contribution is 0.297. The Morgan fingerprint density at radius 3 is 2.60 bits per heavy atom. The molecular weight excluding hydrogens is 278 g/mol. The van der Waals surface area contributed by atoms with E-state index in [1.54, 1.807) is 18.2 Å². The van der Waals surface area contributed by atoms with Gasteiger partial charge in [0.25, 0.3) is 0 Å². The van der Waals surface area contributed by atoms with E-state index in [1.807, 2.05) is 0 Å². The molecule has 1 heterocycles. The van der Waals surface area contributed by atoms with Gasteiger partial charge in [-0.2, -0.15) is 0 Å². The fourth-order valence-electron chi connectivity index (χ4n) is 2.35. The lowest BCUT2D eigenvalue weighted by Crippen LogP contribution is -2.31. The van der Waals surface area contributed by atoms with Crippen LogP contribution in [0.25, 0.3) is 0 Å². The highest BCUT2D eigenvalue weighted by molar-refractivity contribution is 7.91. The Morgan fingerprint density at radius 1 is 1.20 bits per heavy atom. The number of benzene rings is 1. The van der Waals surface area contributed by atoms with Crippen molar-refractivity contribution in [3.8, 4) is 11.5 Å². The van der Waals surface area contributed by atoms with Gasteiger partial charge < -0.3 is 15.2 Å². The first kappa shape index (κ1) is 13.7. The molecule has 20 heavy (non-hydrogen) atoms. The second kappa shape index (κ2) is 5.26. The third-order valence-electron chi connectivity index (χ3n) is 3.72. The Morgan fingerprint density at radius 2 is 1.90 bits per heavy atom. The lowest BCUT2D eigenvalue weighted by Gasteiger charge is -2.13. The van der Waals surface area contributed by atoms with Crippen molar-refractivity contribution < 1.29 is 17.9 Å². The number of sulfone groups is 1. The minimum atomic E-state index is -3.37. The third-order valence-corrected chi connectivity index (χ3v) is 5.51. The van der Waals surface area contributed by atoms with Crippen molar-refractivity contribution in [1.82, 2.24) is 0 Å². The molecular formula is C14H19NO4S. The molecule has 1 aliphatic heterocycles. The number of fused-ring (bicyclic) bond motifs is 1. The van der Waals surface area contributed by atoms with E-state index in [0.29, 0.717) is 30.6 Å². The first-order valence-corrected chi connectivity index (χ1v) is 8.59. The summed E-state index contributed by atoms with van der Waals surface area (Å²) in [6, 6.07) is 4.52. The zero-order chi connectivity index (χ0) is 14.2. The van der Waals surface area contributed by atoms with Gasteiger partial charge in [-0.25, -0.2) is 8.42 Å². The molecule has 1 fully saturated rings. The molecule has 110 valence electrons. The SMILES string of the molecule is NC(CS(=O)(=O)c1ccc2c(c1)OCCCO2)C1CC1. The van der Waals surface area contributed by atoms with E-state index in [9.17, 15) is 8.42 Å². The van der Waals surface area contributed by atoms with Gasteiger partial charge in [0.15, 0.2) is 21.3 Å². The van der Waals surface area contributed by atoms with Crippen molar-refractivity contribution in [3.05, 3.63) is 18.2 Å². The molecule has 1 unspecified atom stereocenters. The Bertz CT molecular complexity index is 595. The van der Waals surface area contributed by atoms with E-state index >= 15 is 0 Å². The summed E-state index contributed by atoms with van der Waals surface area (Å²) >= 11 is 0. The Hall–Kier alpha value is -1.27. The minimum absolute atomic E-state index is 0.00267. The molecule has 0 radical (unpaired) electrons. The second-order valence-corrected chi connectivity index (χ2v) is 7.48. The third kappa shape index (κ3) is 2.91. The zero-order valence-corrected chi connectivity index (χ0v) is 12.1. The molecule has 1 saturated carbocycles. The number of nitrogens with two attached hydrogens (primary N) is 1. The van der Waals surface area contributed by atoms with Crippen LogP contribution in [0.3, 0.4) is 0 Å². The van der Waals surface area contributed by atoms with E-state index in [-0.39, 0.29) is 16.7 Å². The summed E-state index contributed by atoms with van der Waals surface area (Å²) in [5, 5.41) is 0. The van der Waals surface area contributed by atoms with Gasteiger partial charge in [0.2, 0.25) is 0 Å². The summed E-state index contributed by atoms with van der Waals surface area (Å²) in [6.45, 7) is 1.13. The predicted molar refractivity (Wildman–Crippen MR) is 74.8 cm³/mol. The first-order chi connectivity index (χ1) is 9.56. The molecule has 0 saturated heterocycles. The Labute approximate surface area is 119 Å². The topological polar surface area (TPSA) is 78.6 Å². The van der Waals surface area contributed by atoms with Crippen molar-refractivity contribution >= 4 is 9.84 Å². The van der Waals surface area contributed by atoms with E-state index in [0.717, 1.165) is 19.3 Å². The molecule has 2 N–H and O–H groups in total.